The minimum Gasteiger partial charge on any atom is -0.480 e. The third kappa shape index (κ3) is 5.04. The second-order valence-electron chi connectivity index (χ2n) is 5.86. The van der Waals surface area contributed by atoms with Crippen LogP contribution in [0.4, 0.5) is 4.79 Å². The van der Waals surface area contributed by atoms with E-state index in [1.54, 1.807) is 20.8 Å². The van der Waals surface area contributed by atoms with E-state index >= 15 is 0 Å². The molecule has 1 amide bonds. The van der Waals surface area contributed by atoms with Crippen LogP contribution in [0.15, 0.2) is 0 Å². The lowest BCUT2D eigenvalue weighted by Gasteiger charge is -2.31. The third-order valence-corrected chi connectivity index (χ3v) is 2.80. The van der Waals surface area contributed by atoms with Crippen LogP contribution in [0.3, 0.4) is 0 Å². The Hall–Kier alpha value is -1.34. The van der Waals surface area contributed by atoms with E-state index in [-0.39, 0.29) is 13.0 Å². The predicted molar refractivity (Wildman–Crippen MR) is 67.8 cm³/mol. The first-order chi connectivity index (χ1) is 8.64. The fraction of sp³-hybridized carbons (Fsp3) is 0.833. The molecule has 0 radical (unpaired) electrons. The Balaban J connectivity index is 2.67. The quantitative estimate of drug-likeness (QED) is 0.687. The lowest BCUT2D eigenvalue weighted by molar-refractivity contribution is -0.139. The lowest BCUT2D eigenvalue weighted by Crippen LogP contribution is -2.54. The maximum absolute atomic E-state index is 11.8. The monoisotopic (exact) mass is 274 g/mol. The first-order valence-electron chi connectivity index (χ1n) is 6.21. The number of ether oxygens (including phenoxy) is 2. The van der Waals surface area contributed by atoms with Gasteiger partial charge in [0.1, 0.15) is 11.6 Å². The second kappa shape index (κ2) is 5.75. The van der Waals surface area contributed by atoms with E-state index in [4.69, 9.17) is 20.3 Å². The summed E-state index contributed by atoms with van der Waals surface area (Å²) in [6, 6.07) is -1.04. The number of aliphatic carboxylic acids is 1. The summed E-state index contributed by atoms with van der Waals surface area (Å²) in [7, 11) is 0. The van der Waals surface area contributed by atoms with Crippen LogP contribution < -0.4 is 11.1 Å². The van der Waals surface area contributed by atoms with Gasteiger partial charge in [0.05, 0.1) is 12.1 Å². The number of carboxylic acids is 1. The normalized spacial score (nSPS) is 24.8. The van der Waals surface area contributed by atoms with Crippen molar-refractivity contribution in [3.05, 3.63) is 0 Å². The van der Waals surface area contributed by atoms with E-state index in [1.807, 2.05) is 0 Å². The fourth-order valence-corrected chi connectivity index (χ4v) is 1.95. The number of rotatable bonds is 4. The van der Waals surface area contributed by atoms with E-state index in [0.717, 1.165) is 0 Å². The standard InChI is InChI=1S/C12H22N2O5/c1-11(2,3)19-10(17)14-12(4-5-18-7-12)6-8(13)9(15)16/h8H,4-7,13H2,1-3H3,(H,14,17)(H,15,16). The molecule has 1 heterocycles. The maximum Gasteiger partial charge on any atom is 0.408 e. The smallest absolute Gasteiger partial charge is 0.408 e. The molecular weight excluding hydrogens is 252 g/mol. The summed E-state index contributed by atoms with van der Waals surface area (Å²) in [6.45, 7) is 5.98. The van der Waals surface area contributed by atoms with Crippen molar-refractivity contribution in [2.45, 2.75) is 50.8 Å². The number of nitrogens with one attached hydrogen (secondary N) is 1. The van der Waals surface area contributed by atoms with E-state index in [9.17, 15) is 9.59 Å². The molecule has 0 saturated carbocycles. The molecule has 0 aromatic carbocycles. The van der Waals surface area contributed by atoms with Gasteiger partial charge in [0.25, 0.3) is 0 Å². The van der Waals surface area contributed by atoms with Gasteiger partial charge in [-0.05, 0) is 33.6 Å². The molecule has 7 nitrogen and oxygen atoms in total. The number of carbonyl (C=O) groups excluding carboxylic acids is 1. The largest absolute Gasteiger partial charge is 0.480 e. The molecule has 19 heavy (non-hydrogen) atoms. The molecule has 1 fully saturated rings. The first-order valence-corrected chi connectivity index (χ1v) is 6.21. The van der Waals surface area contributed by atoms with Gasteiger partial charge in [-0.25, -0.2) is 4.79 Å². The number of amides is 1. The predicted octanol–water partition coefficient (Wildman–Crippen LogP) is 0.472. The lowest BCUT2D eigenvalue weighted by atomic mass is 9.90. The second-order valence-corrected chi connectivity index (χ2v) is 5.86. The van der Waals surface area contributed by atoms with Gasteiger partial charge < -0.3 is 25.6 Å². The van der Waals surface area contributed by atoms with Gasteiger partial charge in [0.15, 0.2) is 0 Å². The average Bonchev–Trinajstić information content (AvgIpc) is 2.62. The highest BCUT2D eigenvalue weighted by atomic mass is 16.6. The molecule has 1 aliphatic heterocycles. The molecule has 1 rings (SSSR count). The number of hydrogen-bond donors (Lipinski definition) is 3. The summed E-state index contributed by atoms with van der Waals surface area (Å²) < 4.78 is 10.4. The highest BCUT2D eigenvalue weighted by molar-refractivity contribution is 5.74. The number of carbonyl (C=O) groups is 2. The maximum atomic E-state index is 11.8. The number of carboxylic acid groups (broad SMARTS) is 1. The molecular formula is C12H22N2O5. The molecule has 0 bridgehead atoms. The van der Waals surface area contributed by atoms with Crippen molar-refractivity contribution in [2.24, 2.45) is 5.73 Å². The molecule has 0 aromatic rings. The minimum atomic E-state index is -1.10. The van der Waals surface area contributed by atoms with Crippen LogP contribution in [0.25, 0.3) is 0 Å². The van der Waals surface area contributed by atoms with Crippen molar-refractivity contribution < 1.29 is 24.2 Å². The Bertz CT molecular complexity index is 345. The summed E-state index contributed by atoms with van der Waals surface area (Å²) in [6.07, 6.45) is 0.0463. The van der Waals surface area contributed by atoms with Gasteiger partial charge in [0, 0.05) is 6.61 Å². The van der Waals surface area contributed by atoms with Gasteiger partial charge in [-0.1, -0.05) is 0 Å². The van der Waals surface area contributed by atoms with E-state index in [1.165, 1.54) is 0 Å². The van der Waals surface area contributed by atoms with Crippen LogP contribution in [-0.4, -0.2) is 47.6 Å². The van der Waals surface area contributed by atoms with Gasteiger partial charge in [-0.15, -0.1) is 0 Å². The first kappa shape index (κ1) is 15.7. The molecule has 0 aliphatic carbocycles. The molecule has 1 aliphatic rings. The van der Waals surface area contributed by atoms with Crippen LogP contribution in [-0.2, 0) is 14.3 Å². The summed E-state index contributed by atoms with van der Waals surface area (Å²) in [4.78, 5) is 22.6. The van der Waals surface area contributed by atoms with E-state index < -0.39 is 29.2 Å². The SMILES string of the molecule is CC(C)(C)OC(=O)NC1(CC(N)C(=O)O)CCOC1. The molecule has 0 spiro atoms. The Morgan fingerprint density at radius 1 is 1.53 bits per heavy atom. The molecule has 7 heteroatoms. The zero-order valence-corrected chi connectivity index (χ0v) is 11.6. The zero-order valence-electron chi connectivity index (χ0n) is 11.6. The van der Waals surface area contributed by atoms with Crippen LogP contribution in [0.1, 0.15) is 33.6 Å². The molecule has 0 aromatic heterocycles. The minimum absolute atomic E-state index is 0.113. The van der Waals surface area contributed by atoms with E-state index in [2.05, 4.69) is 5.32 Å². The van der Waals surface area contributed by atoms with Gasteiger partial charge in [-0.3, -0.25) is 4.79 Å². The molecule has 2 atom stereocenters. The zero-order chi connectivity index (χ0) is 14.7. The van der Waals surface area contributed by atoms with Crippen molar-refractivity contribution in [1.29, 1.82) is 0 Å². The van der Waals surface area contributed by atoms with Crippen molar-refractivity contribution in [3.63, 3.8) is 0 Å². The van der Waals surface area contributed by atoms with Crippen molar-refractivity contribution >= 4 is 12.1 Å². The van der Waals surface area contributed by atoms with Gasteiger partial charge in [-0.2, -0.15) is 0 Å². The van der Waals surface area contributed by atoms with Crippen molar-refractivity contribution in [1.82, 2.24) is 5.32 Å². The number of nitrogens with two attached hydrogens (primary N) is 1. The van der Waals surface area contributed by atoms with Gasteiger partial charge >= 0.3 is 12.1 Å². The highest BCUT2D eigenvalue weighted by Gasteiger charge is 2.40. The Kier molecular flexibility index (Phi) is 4.75. The van der Waals surface area contributed by atoms with E-state index in [0.29, 0.717) is 13.0 Å². The third-order valence-electron chi connectivity index (χ3n) is 2.80. The average molecular weight is 274 g/mol. The Morgan fingerprint density at radius 3 is 2.58 bits per heavy atom. The molecule has 4 N–H and O–H groups in total. The Labute approximate surface area is 112 Å². The Morgan fingerprint density at radius 2 is 2.16 bits per heavy atom. The molecule has 110 valence electrons. The summed E-state index contributed by atoms with van der Waals surface area (Å²) >= 11 is 0. The number of alkyl carbamates (subject to hydrolysis) is 1. The highest BCUT2D eigenvalue weighted by Crippen LogP contribution is 2.24. The molecule has 2 unspecified atom stereocenters. The summed E-state index contributed by atoms with van der Waals surface area (Å²) in [5, 5.41) is 11.6. The van der Waals surface area contributed by atoms with Crippen LogP contribution in [0.2, 0.25) is 0 Å². The van der Waals surface area contributed by atoms with Crippen LogP contribution in [0.5, 0.6) is 0 Å². The summed E-state index contributed by atoms with van der Waals surface area (Å²) in [5.41, 5.74) is 4.16. The molecule has 1 saturated heterocycles. The van der Waals surface area contributed by atoms with Crippen LogP contribution >= 0.6 is 0 Å². The van der Waals surface area contributed by atoms with Crippen molar-refractivity contribution in [2.75, 3.05) is 13.2 Å². The number of hydrogen-bond acceptors (Lipinski definition) is 5. The van der Waals surface area contributed by atoms with Crippen molar-refractivity contribution in [3.8, 4) is 0 Å². The van der Waals surface area contributed by atoms with Crippen LogP contribution in [0, 0.1) is 0 Å². The fourth-order valence-electron chi connectivity index (χ4n) is 1.95. The van der Waals surface area contributed by atoms with Gasteiger partial charge in [0.2, 0.25) is 0 Å². The topological polar surface area (TPSA) is 111 Å². The summed E-state index contributed by atoms with van der Waals surface area (Å²) in [5.74, 6) is -1.10.